The Morgan fingerprint density at radius 2 is 1.78 bits per heavy atom. The maximum atomic E-state index is 12.2. The van der Waals surface area contributed by atoms with E-state index in [1.165, 1.54) is 10.8 Å². The Balaban J connectivity index is 1.33. The molecule has 27 heavy (non-hydrogen) atoms. The van der Waals surface area contributed by atoms with E-state index in [4.69, 9.17) is 21.1 Å². The standard InChI is InChI=1S/C22H20ClNO3/c23-19-12-16(13-20-22(19)27-10-9-26-20)14-24-21(25)8-6-15-5-7-17-3-1-2-4-18(17)11-15/h1-5,7,11-13H,6,8-10,14H2,(H,24,25). The summed E-state index contributed by atoms with van der Waals surface area (Å²) in [6.07, 6.45) is 1.15. The summed E-state index contributed by atoms with van der Waals surface area (Å²) in [5.41, 5.74) is 2.05. The lowest BCUT2D eigenvalue weighted by atomic mass is 10.0. The van der Waals surface area contributed by atoms with Crippen molar-refractivity contribution >= 4 is 28.3 Å². The Morgan fingerprint density at radius 3 is 2.67 bits per heavy atom. The Morgan fingerprint density at radius 1 is 0.963 bits per heavy atom. The predicted molar refractivity (Wildman–Crippen MR) is 107 cm³/mol. The van der Waals surface area contributed by atoms with Crippen molar-refractivity contribution in [3.8, 4) is 11.5 Å². The molecule has 0 saturated heterocycles. The van der Waals surface area contributed by atoms with Crippen LogP contribution in [0.2, 0.25) is 5.02 Å². The Kier molecular flexibility index (Phi) is 5.16. The van der Waals surface area contributed by atoms with Gasteiger partial charge in [-0.15, -0.1) is 0 Å². The molecule has 1 aliphatic heterocycles. The molecule has 1 N–H and O–H groups in total. The predicted octanol–water partition coefficient (Wildman–Crippen LogP) is 4.51. The average Bonchev–Trinajstić information content (AvgIpc) is 2.70. The zero-order valence-corrected chi connectivity index (χ0v) is 15.6. The van der Waals surface area contributed by atoms with E-state index in [-0.39, 0.29) is 5.91 Å². The smallest absolute Gasteiger partial charge is 0.220 e. The molecule has 0 aliphatic carbocycles. The van der Waals surface area contributed by atoms with Gasteiger partial charge in [-0.2, -0.15) is 0 Å². The van der Waals surface area contributed by atoms with Crippen LogP contribution in [-0.4, -0.2) is 19.1 Å². The van der Waals surface area contributed by atoms with Gasteiger partial charge in [0.25, 0.3) is 0 Å². The molecule has 0 spiro atoms. The summed E-state index contributed by atoms with van der Waals surface area (Å²) < 4.78 is 11.1. The van der Waals surface area contributed by atoms with Gasteiger partial charge in [-0.25, -0.2) is 0 Å². The normalized spacial score (nSPS) is 12.8. The van der Waals surface area contributed by atoms with Crippen LogP contribution in [0.1, 0.15) is 17.5 Å². The van der Waals surface area contributed by atoms with Crippen LogP contribution in [0.25, 0.3) is 10.8 Å². The fourth-order valence-electron chi connectivity index (χ4n) is 3.21. The Bertz CT molecular complexity index is 986. The molecule has 0 radical (unpaired) electrons. The number of benzene rings is 3. The van der Waals surface area contributed by atoms with Crippen LogP contribution in [0.5, 0.6) is 11.5 Å². The molecule has 1 heterocycles. The lowest BCUT2D eigenvalue weighted by Gasteiger charge is -2.20. The minimum Gasteiger partial charge on any atom is -0.486 e. The summed E-state index contributed by atoms with van der Waals surface area (Å²) >= 11 is 6.23. The number of fused-ring (bicyclic) bond motifs is 2. The van der Waals surface area contributed by atoms with Crippen molar-refractivity contribution < 1.29 is 14.3 Å². The van der Waals surface area contributed by atoms with Gasteiger partial charge in [0.05, 0.1) is 5.02 Å². The number of nitrogens with one attached hydrogen (secondary N) is 1. The molecule has 0 unspecified atom stereocenters. The van der Waals surface area contributed by atoms with E-state index in [0.29, 0.717) is 49.1 Å². The molecule has 138 valence electrons. The second-order valence-electron chi connectivity index (χ2n) is 6.56. The van der Waals surface area contributed by atoms with E-state index in [1.54, 1.807) is 6.07 Å². The van der Waals surface area contributed by atoms with Crippen molar-refractivity contribution in [1.82, 2.24) is 5.32 Å². The van der Waals surface area contributed by atoms with Gasteiger partial charge in [0, 0.05) is 13.0 Å². The van der Waals surface area contributed by atoms with Crippen LogP contribution in [0, 0.1) is 0 Å². The topological polar surface area (TPSA) is 47.6 Å². The molecule has 1 aliphatic rings. The Hall–Kier alpha value is -2.72. The van der Waals surface area contributed by atoms with E-state index in [0.717, 1.165) is 11.1 Å². The first-order chi connectivity index (χ1) is 13.2. The highest BCUT2D eigenvalue weighted by atomic mass is 35.5. The number of amides is 1. The minimum absolute atomic E-state index is 0.00849. The van der Waals surface area contributed by atoms with Gasteiger partial charge < -0.3 is 14.8 Å². The number of aryl methyl sites for hydroxylation is 1. The maximum absolute atomic E-state index is 12.2. The molecular weight excluding hydrogens is 362 g/mol. The number of hydrogen-bond acceptors (Lipinski definition) is 3. The van der Waals surface area contributed by atoms with Gasteiger partial charge in [0.1, 0.15) is 13.2 Å². The molecule has 0 saturated carbocycles. The summed E-state index contributed by atoms with van der Waals surface area (Å²) in [5, 5.41) is 5.86. The fourth-order valence-corrected chi connectivity index (χ4v) is 3.50. The van der Waals surface area contributed by atoms with Crippen LogP contribution in [0.3, 0.4) is 0 Å². The average molecular weight is 382 g/mol. The summed E-state index contributed by atoms with van der Waals surface area (Å²) in [4.78, 5) is 12.2. The first-order valence-corrected chi connectivity index (χ1v) is 9.39. The molecule has 0 atom stereocenters. The lowest BCUT2D eigenvalue weighted by Crippen LogP contribution is -2.23. The van der Waals surface area contributed by atoms with Gasteiger partial charge in [0.15, 0.2) is 11.5 Å². The van der Waals surface area contributed by atoms with Crippen LogP contribution >= 0.6 is 11.6 Å². The third kappa shape index (κ3) is 4.17. The monoisotopic (exact) mass is 381 g/mol. The van der Waals surface area contributed by atoms with Crippen molar-refractivity contribution in [2.24, 2.45) is 0 Å². The largest absolute Gasteiger partial charge is 0.486 e. The van der Waals surface area contributed by atoms with E-state index >= 15 is 0 Å². The van der Waals surface area contributed by atoms with Crippen LogP contribution in [-0.2, 0) is 17.8 Å². The van der Waals surface area contributed by atoms with Crippen LogP contribution in [0.4, 0.5) is 0 Å². The van der Waals surface area contributed by atoms with Crippen molar-refractivity contribution in [3.63, 3.8) is 0 Å². The zero-order chi connectivity index (χ0) is 18.6. The van der Waals surface area contributed by atoms with Gasteiger partial charge in [0.2, 0.25) is 5.91 Å². The summed E-state index contributed by atoms with van der Waals surface area (Å²) in [5.74, 6) is 1.22. The summed E-state index contributed by atoms with van der Waals surface area (Å²) in [7, 11) is 0. The molecular formula is C22H20ClNO3. The molecule has 3 aromatic rings. The van der Waals surface area contributed by atoms with E-state index in [9.17, 15) is 4.79 Å². The number of halogens is 1. The molecule has 3 aromatic carbocycles. The molecule has 5 heteroatoms. The number of carbonyl (C=O) groups is 1. The third-order valence-electron chi connectivity index (χ3n) is 4.60. The third-order valence-corrected chi connectivity index (χ3v) is 4.88. The minimum atomic E-state index is 0.00849. The Labute approximate surface area is 163 Å². The highest BCUT2D eigenvalue weighted by Crippen LogP contribution is 2.38. The van der Waals surface area contributed by atoms with E-state index in [1.807, 2.05) is 18.2 Å². The van der Waals surface area contributed by atoms with Gasteiger partial charge in [-0.3, -0.25) is 4.79 Å². The maximum Gasteiger partial charge on any atom is 0.220 e. The molecule has 4 nitrogen and oxygen atoms in total. The number of ether oxygens (including phenoxy) is 2. The number of rotatable bonds is 5. The first kappa shape index (κ1) is 17.7. The number of carbonyl (C=O) groups excluding carboxylic acids is 1. The highest BCUT2D eigenvalue weighted by molar-refractivity contribution is 6.32. The summed E-state index contributed by atoms with van der Waals surface area (Å²) in [6.45, 7) is 1.41. The first-order valence-electron chi connectivity index (χ1n) is 9.01. The van der Waals surface area contributed by atoms with Crippen LogP contribution < -0.4 is 14.8 Å². The molecule has 0 fully saturated rings. The zero-order valence-electron chi connectivity index (χ0n) is 14.8. The number of hydrogen-bond donors (Lipinski definition) is 1. The summed E-state index contributed by atoms with van der Waals surface area (Å²) in [6, 6.07) is 18.2. The van der Waals surface area contributed by atoms with Crippen LogP contribution in [0.15, 0.2) is 54.6 Å². The fraction of sp³-hybridized carbons (Fsp3) is 0.227. The van der Waals surface area contributed by atoms with Crippen molar-refractivity contribution in [2.75, 3.05) is 13.2 Å². The van der Waals surface area contributed by atoms with Gasteiger partial charge in [-0.05, 0) is 40.5 Å². The highest BCUT2D eigenvalue weighted by Gasteiger charge is 2.16. The van der Waals surface area contributed by atoms with E-state index < -0.39 is 0 Å². The van der Waals surface area contributed by atoms with Crippen molar-refractivity contribution in [1.29, 1.82) is 0 Å². The second kappa shape index (κ2) is 7.89. The second-order valence-corrected chi connectivity index (χ2v) is 6.97. The van der Waals surface area contributed by atoms with Gasteiger partial charge >= 0.3 is 0 Å². The lowest BCUT2D eigenvalue weighted by molar-refractivity contribution is -0.121. The molecule has 4 rings (SSSR count). The quantitative estimate of drug-likeness (QED) is 0.707. The molecule has 0 aromatic heterocycles. The van der Waals surface area contributed by atoms with Gasteiger partial charge in [-0.1, -0.05) is 54.1 Å². The van der Waals surface area contributed by atoms with Crippen molar-refractivity contribution in [2.45, 2.75) is 19.4 Å². The SMILES string of the molecule is O=C(CCc1ccc2ccccc2c1)NCc1cc(Cl)c2c(c1)OCCO2. The van der Waals surface area contributed by atoms with E-state index in [2.05, 4.69) is 35.6 Å². The van der Waals surface area contributed by atoms with Crippen molar-refractivity contribution in [3.05, 3.63) is 70.7 Å². The molecule has 0 bridgehead atoms. The molecule has 1 amide bonds.